The maximum absolute atomic E-state index is 13.2. The molecule has 0 aliphatic rings. The van der Waals surface area contributed by atoms with Crippen LogP contribution in [0.4, 0.5) is 8.78 Å². The molecule has 98 valence electrons. The van der Waals surface area contributed by atoms with Crippen LogP contribution in [0.3, 0.4) is 0 Å². The van der Waals surface area contributed by atoms with Crippen LogP contribution in [0.5, 0.6) is 0 Å². The third-order valence-corrected chi connectivity index (χ3v) is 3.01. The van der Waals surface area contributed by atoms with Gasteiger partial charge >= 0.3 is 0 Å². The molecule has 19 heavy (non-hydrogen) atoms. The first-order valence-electron chi connectivity index (χ1n) is 5.74. The van der Waals surface area contributed by atoms with E-state index in [0.717, 1.165) is 5.56 Å². The van der Waals surface area contributed by atoms with Gasteiger partial charge in [0, 0.05) is 12.8 Å². The van der Waals surface area contributed by atoms with Gasteiger partial charge in [-0.15, -0.1) is 0 Å². The minimum Gasteiger partial charge on any atom is -0.299 e. The van der Waals surface area contributed by atoms with Crippen LogP contribution >= 0.6 is 11.6 Å². The second-order valence-electron chi connectivity index (χ2n) is 4.27. The van der Waals surface area contributed by atoms with Crippen molar-refractivity contribution in [1.82, 2.24) is 0 Å². The molecule has 0 aromatic heterocycles. The SMILES string of the molecule is O=C(Cc1ccc(F)cc1)Cc1ccc(Cl)c(F)c1. The fourth-order valence-corrected chi connectivity index (χ4v) is 1.89. The lowest BCUT2D eigenvalue weighted by molar-refractivity contribution is -0.117. The van der Waals surface area contributed by atoms with Crippen molar-refractivity contribution in [3.63, 3.8) is 0 Å². The molecule has 0 amide bonds. The molecule has 0 radical (unpaired) electrons. The molecular weight excluding hydrogens is 270 g/mol. The topological polar surface area (TPSA) is 17.1 Å². The van der Waals surface area contributed by atoms with Gasteiger partial charge in [-0.25, -0.2) is 8.78 Å². The zero-order valence-electron chi connectivity index (χ0n) is 10.00. The monoisotopic (exact) mass is 280 g/mol. The fraction of sp³-hybridized carbons (Fsp3) is 0.133. The van der Waals surface area contributed by atoms with E-state index in [9.17, 15) is 13.6 Å². The summed E-state index contributed by atoms with van der Waals surface area (Å²) in [6.07, 6.45) is 0.329. The number of carbonyl (C=O) groups is 1. The molecule has 0 aliphatic heterocycles. The highest BCUT2D eigenvalue weighted by Gasteiger charge is 2.08. The first-order valence-corrected chi connectivity index (χ1v) is 6.12. The molecule has 0 saturated carbocycles. The summed E-state index contributed by atoms with van der Waals surface area (Å²) in [7, 11) is 0. The number of halogens is 3. The van der Waals surface area contributed by atoms with Crippen LogP contribution in [0.25, 0.3) is 0 Å². The minimum atomic E-state index is -0.534. The molecule has 0 atom stereocenters. The Labute approximate surface area is 114 Å². The van der Waals surface area contributed by atoms with Crippen molar-refractivity contribution in [3.8, 4) is 0 Å². The molecule has 0 saturated heterocycles. The van der Waals surface area contributed by atoms with Gasteiger partial charge in [0.1, 0.15) is 17.4 Å². The number of benzene rings is 2. The van der Waals surface area contributed by atoms with Gasteiger partial charge in [-0.2, -0.15) is 0 Å². The van der Waals surface area contributed by atoms with Crippen LogP contribution in [0, 0.1) is 11.6 Å². The van der Waals surface area contributed by atoms with Crippen molar-refractivity contribution in [2.45, 2.75) is 12.8 Å². The van der Waals surface area contributed by atoms with Gasteiger partial charge in [0.2, 0.25) is 0 Å². The predicted octanol–water partition coefficient (Wildman–Crippen LogP) is 3.97. The Morgan fingerprint density at radius 2 is 1.53 bits per heavy atom. The maximum Gasteiger partial charge on any atom is 0.142 e. The fourth-order valence-electron chi connectivity index (χ4n) is 1.77. The Hall–Kier alpha value is -1.74. The summed E-state index contributed by atoms with van der Waals surface area (Å²) in [5, 5.41) is 0.0368. The standard InChI is InChI=1S/C15H11ClF2O/c16-14-6-3-11(9-15(14)18)8-13(19)7-10-1-4-12(17)5-2-10/h1-6,9H,7-8H2. The van der Waals surface area contributed by atoms with Crippen LogP contribution in [0.1, 0.15) is 11.1 Å². The number of Topliss-reactive ketones (excluding diaryl/α,β-unsaturated/α-hetero) is 1. The van der Waals surface area contributed by atoms with E-state index in [1.54, 1.807) is 18.2 Å². The van der Waals surface area contributed by atoms with E-state index in [1.807, 2.05) is 0 Å². The van der Waals surface area contributed by atoms with Crippen molar-refractivity contribution >= 4 is 17.4 Å². The lowest BCUT2D eigenvalue weighted by Gasteiger charge is -2.03. The second kappa shape index (κ2) is 5.93. The smallest absolute Gasteiger partial charge is 0.142 e. The van der Waals surface area contributed by atoms with Crippen LogP contribution in [0.15, 0.2) is 42.5 Å². The Morgan fingerprint density at radius 3 is 2.16 bits per heavy atom. The molecule has 2 rings (SSSR count). The Morgan fingerprint density at radius 1 is 0.947 bits per heavy atom. The van der Waals surface area contributed by atoms with Crippen molar-refractivity contribution in [2.75, 3.05) is 0 Å². The van der Waals surface area contributed by atoms with Gasteiger partial charge in [0.05, 0.1) is 5.02 Å². The summed E-state index contributed by atoms with van der Waals surface area (Å²) in [4.78, 5) is 11.8. The highest BCUT2D eigenvalue weighted by molar-refractivity contribution is 6.30. The summed E-state index contributed by atoms with van der Waals surface area (Å²) in [6.45, 7) is 0. The average molecular weight is 281 g/mol. The largest absolute Gasteiger partial charge is 0.299 e. The normalized spacial score (nSPS) is 10.5. The lowest BCUT2D eigenvalue weighted by Crippen LogP contribution is -2.06. The molecule has 1 nitrogen and oxygen atoms in total. The number of carbonyl (C=O) groups excluding carboxylic acids is 1. The Balaban J connectivity index is 2.01. The Kier molecular flexibility index (Phi) is 4.27. The molecule has 0 unspecified atom stereocenters. The van der Waals surface area contributed by atoms with E-state index in [4.69, 9.17) is 11.6 Å². The highest BCUT2D eigenvalue weighted by atomic mass is 35.5. The molecule has 0 bridgehead atoms. The third kappa shape index (κ3) is 3.86. The predicted molar refractivity (Wildman–Crippen MR) is 70.2 cm³/mol. The summed E-state index contributed by atoms with van der Waals surface area (Å²) in [5.74, 6) is -0.932. The Bertz CT molecular complexity index is 594. The molecule has 0 aliphatic carbocycles. The molecular formula is C15H11ClF2O. The number of rotatable bonds is 4. The summed E-state index contributed by atoms with van der Waals surface area (Å²) in [6, 6.07) is 10.1. The summed E-state index contributed by atoms with van der Waals surface area (Å²) in [5.41, 5.74) is 1.31. The van der Waals surface area contributed by atoms with Gasteiger partial charge in [0.15, 0.2) is 0 Å². The molecule has 2 aromatic rings. The van der Waals surface area contributed by atoms with Gasteiger partial charge in [-0.1, -0.05) is 29.8 Å². The zero-order chi connectivity index (χ0) is 13.8. The van der Waals surface area contributed by atoms with Crippen molar-refractivity contribution in [2.24, 2.45) is 0 Å². The van der Waals surface area contributed by atoms with Gasteiger partial charge in [-0.05, 0) is 35.4 Å². The van der Waals surface area contributed by atoms with E-state index in [-0.39, 0.29) is 29.5 Å². The highest BCUT2D eigenvalue weighted by Crippen LogP contribution is 2.16. The van der Waals surface area contributed by atoms with Gasteiger partial charge in [0.25, 0.3) is 0 Å². The van der Waals surface area contributed by atoms with E-state index in [2.05, 4.69) is 0 Å². The minimum absolute atomic E-state index is 0.0368. The lowest BCUT2D eigenvalue weighted by atomic mass is 10.0. The maximum atomic E-state index is 13.2. The first-order chi connectivity index (χ1) is 9.04. The summed E-state index contributed by atoms with van der Waals surface area (Å²) >= 11 is 5.57. The average Bonchev–Trinajstić information content (AvgIpc) is 2.37. The number of hydrogen-bond donors (Lipinski definition) is 0. The van der Waals surface area contributed by atoms with Gasteiger partial charge in [-0.3, -0.25) is 4.79 Å². The molecule has 0 N–H and O–H groups in total. The quantitative estimate of drug-likeness (QED) is 0.828. The third-order valence-electron chi connectivity index (χ3n) is 2.70. The van der Waals surface area contributed by atoms with Crippen molar-refractivity contribution < 1.29 is 13.6 Å². The summed E-state index contributed by atoms with van der Waals surface area (Å²) < 4.78 is 25.9. The van der Waals surface area contributed by atoms with Gasteiger partial charge < -0.3 is 0 Å². The first kappa shape index (κ1) is 13.7. The van der Waals surface area contributed by atoms with Crippen molar-refractivity contribution in [3.05, 3.63) is 70.2 Å². The van der Waals surface area contributed by atoms with Crippen LogP contribution in [0.2, 0.25) is 5.02 Å². The van der Waals surface area contributed by atoms with E-state index >= 15 is 0 Å². The zero-order valence-corrected chi connectivity index (χ0v) is 10.8. The molecule has 0 fully saturated rings. The molecule has 0 spiro atoms. The van der Waals surface area contributed by atoms with Crippen LogP contribution < -0.4 is 0 Å². The molecule has 2 aromatic carbocycles. The van der Waals surface area contributed by atoms with E-state index in [1.165, 1.54) is 24.3 Å². The van der Waals surface area contributed by atoms with E-state index < -0.39 is 5.82 Å². The molecule has 4 heteroatoms. The van der Waals surface area contributed by atoms with Crippen molar-refractivity contribution in [1.29, 1.82) is 0 Å². The van der Waals surface area contributed by atoms with Crippen LogP contribution in [-0.4, -0.2) is 5.78 Å². The molecule has 0 heterocycles. The van der Waals surface area contributed by atoms with Crippen LogP contribution in [-0.2, 0) is 17.6 Å². The number of ketones is 1. The van der Waals surface area contributed by atoms with E-state index in [0.29, 0.717) is 5.56 Å². The second-order valence-corrected chi connectivity index (χ2v) is 4.67. The number of hydrogen-bond acceptors (Lipinski definition) is 1.